The Hall–Kier alpha value is -3.35. The van der Waals surface area contributed by atoms with E-state index in [9.17, 15) is 10.1 Å². The predicted octanol–water partition coefficient (Wildman–Crippen LogP) is 3.71. The van der Waals surface area contributed by atoms with Gasteiger partial charge in [0.15, 0.2) is 5.75 Å². The van der Waals surface area contributed by atoms with Crippen LogP contribution in [-0.2, 0) is 6.54 Å². The molecule has 3 rings (SSSR count). The standard InChI is InChI=1S/C18H18N4O3/c1-13-9-10-21(20-13)16-6-4-3-5-14(16)12-19-15-7-8-17(22(23)24)18(11-15)25-2/h3-11,19H,12H2,1-2H3. The first-order valence-electron chi connectivity index (χ1n) is 7.75. The molecular formula is C18H18N4O3. The SMILES string of the molecule is COc1cc(NCc2ccccc2-n2ccc(C)n2)ccc1[N+](=O)[O-]. The maximum atomic E-state index is 11.0. The van der Waals surface area contributed by atoms with Gasteiger partial charge < -0.3 is 10.1 Å². The molecule has 0 aliphatic carbocycles. The lowest BCUT2D eigenvalue weighted by molar-refractivity contribution is -0.385. The Morgan fingerprint density at radius 3 is 2.72 bits per heavy atom. The fourth-order valence-electron chi connectivity index (χ4n) is 2.57. The van der Waals surface area contributed by atoms with Crippen LogP contribution in [0.3, 0.4) is 0 Å². The number of nitro benzene ring substituents is 1. The zero-order valence-electron chi connectivity index (χ0n) is 14.0. The van der Waals surface area contributed by atoms with Crippen molar-refractivity contribution >= 4 is 11.4 Å². The van der Waals surface area contributed by atoms with Crippen molar-refractivity contribution in [3.63, 3.8) is 0 Å². The summed E-state index contributed by atoms with van der Waals surface area (Å²) in [6.45, 7) is 2.50. The van der Waals surface area contributed by atoms with Gasteiger partial charge in [-0.3, -0.25) is 10.1 Å². The summed E-state index contributed by atoms with van der Waals surface area (Å²) in [5.74, 6) is 0.228. The van der Waals surface area contributed by atoms with Crippen LogP contribution in [0.4, 0.5) is 11.4 Å². The van der Waals surface area contributed by atoms with Crippen molar-refractivity contribution in [2.45, 2.75) is 13.5 Å². The number of hydrogen-bond donors (Lipinski definition) is 1. The Morgan fingerprint density at radius 2 is 2.04 bits per heavy atom. The smallest absolute Gasteiger partial charge is 0.311 e. The molecule has 0 amide bonds. The maximum absolute atomic E-state index is 11.0. The second-order valence-corrected chi connectivity index (χ2v) is 5.53. The number of nitrogens with zero attached hydrogens (tertiary/aromatic N) is 3. The van der Waals surface area contributed by atoms with Crippen molar-refractivity contribution in [2.24, 2.45) is 0 Å². The number of anilines is 1. The van der Waals surface area contributed by atoms with E-state index in [4.69, 9.17) is 4.74 Å². The van der Waals surface area contributed by atoms with Gasteiger partial charge >= 0.3 is 5.69 Å². The molecule has 7 heteroatoms. The van der Waals surface area contributed by atoms with Crippen LogP contribution in [0.2, 0.25) is 0 Å². The van der Waals surface area contributed by atoms with E-state index in [-0.39, 0.29) is 11.4 Å². The first-order chi connectivity index (χ1) is 12.1. The molecule has 0 fully saturated rings. The molecule has 0 aliphatic rings. The lowest BCUT2D eigenvalue weighted by Gasteiger charge is -2.12. The van der Waals surface area contributed by atoms with Crippen LogP contribution in [-0.4, -0.2) is 21.8 Å². The van der Waals surface area contributed by atoms with E-state index in [0.29, 0.717) is 6.54 Å². The third-order valence-corrected chi connectivity index (χ3v) is 3.82. The molecule has 7 nitrogen and oxygen atoms in total. The van der Waals surface area contributed by atoms with E-state index < -0.39 is 4.92 Å². The number of methoxy groups -OCH3 is 1. The summed E-state index contributed by atoms with van der Waals surface area (Å²) in [6, 6.07) is 14.6. The van der Waals surface area contributed by atoms with Gasteiger partial charge in [0.2, 0.25) is 0 Å². The Labute approximate surface area is 145 Å². The molecule has 3 aromatic rings. The summed E-state index contributed by atoms with van der Waals surface area (Å²) in [5.41, 5.74) is 3.68. The fraction of sp³-hybridized carbons (Fsp3) is 0.167. The third kappa shape index (κ3) is 3.60. The number of nitrogens with one attached hydrogen (secondary N) is 1. The Bertz CT molecular complexity index is 905. The molecule has 0 aliphatic heterocycles. The average molecular weight is 338 g/mol. The number of nitro groups is 1. The number of ether oxygens (including phenoxy) is 1. The largest absolute Gasteiger partial charge is 0.490 e. The van der Waals surface area contributed by atoms with Gasteiger partial charge in [-0.25, -0.2) is 4.68 Å². The number of para-hydroxylation sites is 1. The van der Waals surface area contributed by atoms with Crippen LogP contribution in [0, 0.1) is 17.0 Å². The van der Waals surface area contributed by atoms with Gasteiger partial charge in [0.1, 0.15) is 0 Å². The summed E-state index contributed by atoms with van der Waals surface area (Å²) in [6.07, 6.45) is 1.92. The van der Waals surface area contributed by atoms with Gasteiger partial charge in [0.05, 0.1) is 23.4 Å². The lowest BCUT2D eigenvalue weighted by Crippen LogP contribution is -2.06. The van der Waals surface area contributed by atoms with E-state index in [1.54, 1.807) is 12.1 Å². The molecule has 0 saturated carbocycles. The van der Waals surface area contributed by atoms with Crippen LogP contribution in [0.5, 0.6) is 5.75 Å². The highest BCUT2D eigenvalue weighted by atomic mass is 16.6. The molecular weight excluding hydrogens is 320 g/mol. The van der Waals surface area contributed by atoms with Gasteiger partial charge in [0.25, 0.3) is 0 Å². The summed E-state index contributed by atoms with van der Waals surface area (Å²) < 4.78 is 6.94. The second kappa shape index (κ2) is 7.04. The minimum atomic E-state index is -0.460. The van der Waals surface area contributed by atoms with E-state index in [1.807, 2.05) is 48.1 Å². The zero-order chi connectivity index (χ0) is 17.8. The number of aryl methyl sites for hydroxylation is 1. The molecule has 25 heavy (non-hydrogen) atoms. The molecule has 2 aromatic carbocycles. The van der Waals surface area contributed by atoms with Gasteiger partial charge in [-0.1, -0.05) is 18.2 Å². The van der Waals surface area contributed by atoms with Crippen molar-refractivity contribution in [1.29, 1.82) is 0 Å². The van der Waals surface area contributed by atoms with Crippen LogP contribution < -0.4 is 10.1 Å². The number of hydrogen-bond acceptors (Lipinski definition) is 5. The molecule has 0 unspecified atom stereocenters. The maximum Gasteiger partial charge on any atom is 0.311 e. The topological polar surface area (TPSA) is 82.2 Å². The summed E-state index contributed by atoms with van der Waals surface area (Å²) in [4.78, 5) is 10.5. The highest BCUT2D eigenvalue weighted by Gasteiger charge is 2.14. The summed E-state index contributed by atoms with van der Waals surface area (Å²) in [5, 5.41) is 18.7. The van der Waals surface area contributed by atoms with Crippen LogP contribution >= 0.6 is 0 Å². The van der Waals surface area contributed by atoms with Crippen molar-refractivity contribution < 1.29 is 9.66 Å². The van der Waals surface area contributed by atoms with Gasteiger partial charge in [-0.15, -0.1) is 0 Å². The Morgan fingerprint density at radius 1 is 1.24 bits per heavy atom. The molecule has 0 spiro atoms. The fourth-order valence-corrected chi connectivity index (χ4v) is 2.57. The number of aromatic nitrogens is 2. The second-order valence-electron chi connectivity index (χ2n) is 5.53. The summed E-state index contributed by atoms with van der Waals surface area (Å²) in [7, 11) is 1.42. The van der Waals surface area contributed by atoms with E-state index in [1.165, 1.54) is 13.2 Å². The quantitative estimate of drug-likeness (QED) is 0.547. The molecule has 128 valence electrons. The highest BCUT2D eigenvalue weighted by molar-refractivity contribution is 5.58. The normalized spacial score (nSPS) is 10.5. The molecule has 0 atom stereocenters. The predicted molar refractivity (Wildman–Crippen MR) is 95.3 cm³/mol. The average Bonchev–Trinajstić information content (AvgIpc) is 3.06. The number of benzene rings is 2. The Kier molecular flexibility index (Phi) is 4.65. The van der Waals surface area contributed by atoms with Gasteiger partial charge in [-0.05, 0) is 30.7 Å². The van der Waals surface area contributed by atoms with E-state index >= 15 is 0 Å². The first kappa shape index (κ1) is 16.5. The molecule has 0 radical (unpaired) electrons. The molecule has 1 N–H and O–H groups in total. The third-order valence-electron chi connectivity index (χ3n) is 3.82. The van der Waals surface area contributed by atoms with Gasteiger partial charge in [-0.2, -0.15) is 5.10 Å². The van der Waals surface area contributed by atoms with Crippen molar-refractivity contribution in [3.8, 4) is 11.4 Å². The minimum absolute atomic E-state index is 0.0551. The molecule has 0 saturated heterocycles. The van der Waals surface area contributed by atoms with E-state index in [2.05, 4.69) is 10.4 Å². The number of rotatable bonds is 6. The highest BCUT2D eigenvalue weighted by Crippen LogP contribution is 2.30. The lowest BCUT2D eigenvalue weighted by atomic mass is 10.1. The summed E-state index contributed by atoms with van der Waals surface area (Å²) >= 11 is 0. The van der Waals surface area contributed by atoms with Crippen LogP contribution in [0.25, 0.3) is 5.69 Å². The van der Waals surface area contributed by atoms with Crippen molar-refractivity contribution in [3.05, 3.63) is 76.1 Å². The molecule has 1 heterocycles. The van der Waals surface area contributed by atoms with E-state index in [0.717, 1.165) is 22.6 Å². The van der Waals surface area contributed by atoms with Gasteiger partial charge in [0, 0.05) is 30.6 Å². The molecule has 0 bridgehead atoms. The zero-order valence-corrected chi connectivity index (χ0v) is 14.0. The Balaban J connectivity index is 1.82. The van der Waals surface area contributed by atoms with Crippen molar-refractivity contribution in [1.82, 2.24) is 9.78 Å². The minimum Gasteiger partial charge on any atom is -0.490 e. The molecule has 1 aromatic heterocycles. The van der Waals surface area contributed by atoms with Crippen LogP contribution in [0.15, 0.2) is 54.7 Å². The van der Waals surface area contributed by atoms with Crippen molar-refractivity contribution in [2.75, 3.05) is 12.4 Å². The van der Waals surface area contributed by atoms with Crippen LogP contribution in [0.1, 0.15) is 11.3 Å². The first-order valence-corrected chi connectivity index (χ1v) is 7.75. The monoisotopic (exact) mass is 338 g/mol.